The molecule has 6 aliphatic rings. The fraction of sp³-hybridized carbons (Fsp3) is 0.824. The molecule has 1 saturated heterocycles. The highest BCUT2D eigenvalue weighted by atomic mass is 16.5. The van der Waals surface area contributed by atoms with E-state index in [9.17, 15) is 10.2 Å². The lowest BCUT2D eigenvalue weighted by Gasteiger charge is -2.63. The third kappa shape index (κ3) is 3.07. The molecule has 6 fully saturated rings. The van der Waals surface area contributed by atoms with Gasteiger partial charge in [-0.3, -0.25) is 0 Å². The summed E-state index contributed by atoms with van der Waals surface area (Å²) in [5.74, 6) is 2.18. The van der Waals surface area contributed by atoms with Gasteiger partial charge < -0.3 is 20.3 Å². The second-order valence-corrected chi connectivity index (χ2v) is 15.8. The summed E-state index contributed by atoms with van der Waals surface area (Å²) < 4.78 is 6.89. The van der Waals surface area contributed by atoms with Gasteiger partial charge in [0.2, 0.25) is 0 Å². The molecular weight excluding hydrogens is 470 g/mol. The molecule has 7 rings (SSSR count). The van der Waals surface area contributed by atoms with Gasteiger partial charge in [-0.2, -0.15) is 0 Å². The van der Waals surface area contributed by atoms with Gasteiger partial charge in [0.05, 0.1) is 24.4 Å². The standard InChI is InChI=1S/C34H51NO3/c1-21-17-23(19-35-18-22-9-7-6-8-10-22)38-28-27(21)31(4)15-16-34-20-33(34)14-13-26(36)30(2,3)24(33)11-12-25(34)32(31,5)29(28)37/h6-10,21,23-29,35-37H,11-20H2,1-5H3/t21-,23?,24+,25?,26?,27+,28?,29+,31?,32-,33?,34?/m1/s1. The lowest BCUT2D eigenvalue weighted by Crippen LogP contribution is -2.59. The van der Waals surface area contributed by atoms with Crippen LogP contribution in [0.3, 0.4) is 0 Å². The van der Waals surface area contributed by atoms with Crippen LogP contribution in [-0.2, 0) is 11.3 Å². The minimum absolute atomic E-state index is 0.00819. The largest absolute Gasteiger partial charge is 0.393 e. The fourth-order valence-corrected chi connectivity index (χ4v) is 12.5. The normalized spacial score (nSPS) is 54.2. The zero-order valence-electron chi connectivity index (χ0n) is 24.4. The van der Waals surface area contributed by atoms with Gasteiger partial charge in [-0.25, -0.2) is 0 Å². The molecule has 38 heavy (non-hydrogen) atoms. The third-order valence-corrected chi connectivity index (χ3v) is 14.4. The van der Waals surface area contributed by atoms with Crippen molar-refractivity contribution < 1.29 is 14.9 Å². The summed E-state index contributed by atoms with van der Waals surface area (Å²) in [5, 5.41) is 26.9. The molecule has 3 N–H and O–H groups in total. The van der Waals surface area contributed by atoms with Gasteiger partial charge in [0.25, 0.3) is 0 Å². The summed E-state index contributed by atoms with van der Waals surface area (Å²) in [7, 11) is 0. The fourth-order valence-electron chi connectivity index (χ4n) is 12.5. The van der Waals surface area contributed by atoms with Crippen LogP contribution in [0.4, 0.5) is 0 Å². The summed E-state index contributed by atoms with van der Waals surface area (Å²) in [6.45, 7) is 13.8. The van der Waals surface area contributed by atoms with Gasteiger partial charge in [0.15, 0.2) is 0 Å². The monoisotopic (exact) mass is 521 g/mol. The van der Waals surface area contributed by atoms with Crippen LogP contribution in [0, 0.1) is 50.7 Å². The van der Waals surface area contributed by atoms with Gasteiger partial charge >= 0.3 is 0 Å². The molecule has 4 heteroatoms. The summed E-state index contributed by atoms with van der Waals surface area (Å²) in [6, 6.07) is 10.6. The second kappa shape index (κ2) is 8.30. The van der Waals surface area contributed by atoms with E-state index < -0.39 is 6.10 Å². The smallest absolute Gasteiger partial charge is 0.0880 e. The molecule has 0 radical (unpaired) electrons. The number of rotatable bonds is 4. The predicted octanol–water partition coefficient (Wildman–Crippen LogP) is 5.95. The Morgan fingerprint density at radius 1 is 0.921 bits per heavy atom. The Kier molecular flexibility index (Phi) is 5.68. The first-order valence-corrected chi connectivity index (χ1v) is 15.8. The number of fused-ring (bicyclic) bond motifs is 4. The van der Waals surface area contributed by atoms with Gasteiger partial charge in [-0.1, -0.05) is 65.0 Å². The van der Waals surface area contributed by atoms with E-state index in [1.54, 1.807) is 0 Å². The molecule has 1 aromatic rings. The molecular formula is C34H51NO3. The summed E-state index contributed by atoms with van der Waals surface area (Å²) >= 11 is 0. The van der Waals surface area contributed by atoms with Crippen LogP contribution in [0.15, 0.2) is 30.3 Å². The SMILES string of the molecule is C[C@@H]1CC(CNCc2ccccc2)OC2[C@H]1C1(C)CCC34CC35CCC(O)C(C)(C)[C@@H]5CCC4[C@]1(C)[C@H]2O. The molecule has 1 heterocycles. The molecule has 4 nitrogen and oxygen atoms in total. The molecule has 5 aliphatic carbocycles. The minimum Gasteiger partial charge on any atom is -0.393 e. The third-order valence-electron chi connectivity index (χ3n) is 14.4. The van der Waals surface area contributed by atoms with Crippen molar-refractivity contribution in [2.45, 2.75) is 117 Å². The Hall–Kier alpha value is -0.940. The minimum atomic E-state index is -0.393. The quantitative estimate of drug-likeness (QED) is 0.458. The van der Waals surface area contributed by atoms with E-state index in [0.29, 0.717) is 34.5 Å². The van der Waals surface area contributed by atoms with Crippen molar-refractivity contribution in [3.63, 3.8) is 0 Å². The molecule has 0 aromatic heterocycles. The van der Waals surface area contributed by atoms with Gasteiger partial charge in [0.1, 0.15) is 0 Å². The molecule has 7 unspecified atom stereocenters. The molecule has 12 atom stereocenters. The highest BCUT2D eigenvalue weighted by molar-refractivity contribution is 5.32. The van der Waals surface area contributed by atoms with Gasteiger partial charge in [0, 0.05) is 18.5 Å². The zero-order chi connectivity index (χ0) is 26.7. The Bertz CT molecular complexity index is 1070. The van der Waals surface area contributed by atoms with Crippen LogP contribution < -0.4 is 5.32 Å². The molecule has 1 aliphatic heterocycles. The number of aliphatic hydroxyl groups excluding tert-OH is 2. The lowest BCUT2D eigenvalue weighted by atomic mass is 9.41. The molecule has 0 bridgehead atoms. The van der Waals surface area contributed by atoms with Crippen LogP contribution in [0.2, 0.25) is 0 Å². The molecule has 5 saturated carbocycles. The van der Waals surface area contributed by atoms with Crippen LogP contribution in [0.5, 0.6) is 0 Å². The van der Waals surface area contributed by atoms with E-state index in [-0.39, 0.29) is 34.6 Å². The van der Waals surface area contributed by atoms with Crippen LogP contribution in [0.1, 0.15) is 91.5 Å². The lowest BCUT2D eigenvalue weighted by molar-refractivity contribution is -0.182. The van der Waals surface area contributed by atoms with Crippen molar-refractivity contribution in [3.05, 3.63) is 35.9 Å². The molecule has 210 valence electrons. The Balaban J connectivity index is 1.14. The topological polar surface area (TPSA) is 61.7 Å². The maximum Gasteiger partial charge on any atom is 0.0880 e. The average molecular weight is 522 g/mol. The highest BCUT2D eigenvalue weighted by Gasteiger charge is 2.84. The summed E-state index contributed by atoms with van der Waals surface area (Å²) in [6.07, 6.45) is 9.07. The summed E-state index contributed by atoms with van der Waals surface area (Å²) in [5.41, 5.74) is 2.10. The first kappa shape index (κ1) is 26.0. The Morgan fingerprint density at radius 3 is 2.39 bits per heavy atom. The first-order valence-electron chi connectivity index (χ1n) is 15.8. The zero-order valence-corrected chi connectivity index (χ0v) is 24.4. The maximum absolute atomic E-state index is 12.3. The van der Waals surface area contributed by atoms with E-state index in [4.69, 9.17) is 4.74 Å². The van der Waals surface area contributed by atoms with Crippen LogP contribution in [0.25, 0.3) is 0 Å². The Labute approximate surface area is 230 Å². The van der Waals surface area contributed by atoms with Crippen molar-refractivity contribution in [1.29, 1.82) is 0 Å². The number of aliphatic hydroxyl groups is 2. The van der Waals surface area contributed by atoms with Crippen LogP contribution in [-0.4, -0.2) is 41.2 Å². The molecule has 0 amide bonds. The Morgan fingerprint density at radius 2 is 1.63 bits per heavy atom. The maximum atomic E-state index is 12.3. The molecule has 2 spiro atoms. The van der Waals surface area contributed by atoms with Crippen molar-refractivity contribution in [1.82, 2.24) is 5.32 Å². The predicted molar refractivity (Wildman–Crippen MR) is 150 cm³/mol. The molecule has 1 aromatic carbocycles. The van der Waals surface area contributed by atoms with E-state index >= 15 is 0 Å². The highest BCUT2D eigenvalue weighted by Crippen LogP contribution is 2.89. The number of benzene rings is 1. The number of hydrogen-bond donors (Lipinski definition) is 3. The number of ether oxygens (including phenoxy) is 1. The van der Waals surface area contributed by atoms with Crippen LogP contribution >= 0.6 is 0 Å². The van der Waals surface area contributed by atoms with Crippen molar-refractivity contribution in [2.75, 3.05) is 6.54 Å². The van der Waals surface area contributed by atoms with E-state index in [0.717, 1.165) is 25.9 Å². The average Bonchev–Trinajstić information content (AvgIpc) is 3.52. The van der Waals surface area contributed by atoms with E-state index in [2.05, 4.69) is 70.3 Å². The van der Waals surface area contributed by atoms with Crippen molar-refractivity contribution >= 4 is 0 Å². The van der Waals surface area contributed by atoms with Gasteiger partial charge in [-0.15, -0.1) is 0 Å². The number of hydrogen-bond acceptors (Lipinski definition) is 4. The first-order chi connectivity index (χ1) is 18.0. The summed E-state index contributed by atoms with van der Waals surface area (Å²) in [4.78, 5) is 0. The van der Waals surface area contributed by atoms with E-state index in [1.807, 2.05) is 0 Å². The van der Waals surface area contributed by atoms with Crippen molar-refractivity contribution in [3.8, 4) is 0 Å². The van der Waals surface area contributed by atoms with Gasteiger partial charge in [-0.05, 0) is 102 Å². The van der Waals surface area contributed by atoms with Crippen molar-refractivity contribution in [2.24, 2.45) is 50.7 Å². The second-order valence-electron chi connectivity index (χ2n) is 15.8. The number of nitrogens with one attached hydrogen (secondary N) is 1. The van der Waals surface area contributed by atoms with E-state index in [1.165, 1.54) is 44.1 Å².